The van der Waals surface area contributed by atoms with Crippen LogP contribution in [0.4, 0.5) is 5.69 Å². The van der Waals surface area contributed by atoms with Crippen molar-refractivity contribution >= 4 is 39.9 Å². The first-order valence-electron chi connectivity index (χ1n) is 12.5. The van der Waals surface area contributed by atoms with Crippen LogP contribution in [0, 0.1) is 0 Å². The fraction of sp³-hybridized carbons (Fsp3) is 0.345. The van der Waals surface area contributed by atoms with Crippen LogP contribution < -0.4 is 11.1 Å². The summed E-state index contributed by atoms with van der Waals surface area (Å²) in [5.74, 6) is -0.910. The van der Waals surface area contributed by atoms with Crippen molar-refractivity contribution in [2.24, 2.45) is 5.73 Å². The van der Waals surface area contributed by atoms with Gasteiger partial charge in [0.2, 0.25) is 5.91 Å². The summed E-state index contributed by atoms with van der Waals surface area (Å²) in [4.78, 5) is 29.7. The Bertz CT molecular complexity index is 1240. The van der Waals surface area contributed by atoms with Crippen molar-refractivity contribution in [1.82, 2.24) is 9.88 Å². The van der Waals surface area contributed by atoms with Crippen LogP contribution in [0.3, 0.4) is 0 Å². The minimum absolute atomic E-state index is 0.184. The molecular weight excluding hydrogens is 488 g/mol. The number of benzene rings is 2. The van der Waals surface area contributed by atoms with E-state index >= 15 is 0 Å². The van der Waals surface area contributed by atoms with Crippen molar-refractivity contribution < 1.29 is 14.3 Å². The number of carbonyl (C=O) groups excluding carboxylic acids is 2. The van der Waals surface area contributed by atoms with Crippen molar-refractivity contribution in [3.05, 3.63) is 71.9 Å². The predicted octanol–water partition coefficient (Wildman–Crippen LogP) is 5.68. The van der Waals surface area contributed by atoms with E-state index in [1.54, 1.807) is 37.4 Å². The molecule has 0 atom stereocenters. The molecular formula is C29H35ClN4O3. The summed E-state index contributed by atoms with van der Waals surface area (Å²) < 4.78 is 5.06. The van der Waals surface area contributed by atoms with Crippen LogP contribution in [-0.2, 0) is 9.53 Å². The number of likely N-dealkylation sites (N-methyl/N-ethyl adjacent to an activating group) is 1. The number of methoxy groups -OCH3 is 1. The van der Waals surface area contributed by atoms with Crippen LogP contribution in [0.25, 0.3) is 22.0 Å². The van der Waals surface area contributed by atoms with Gasteiger partial charge in [0.05, 0.1) is 12.3 Å². The van der Waals surface area contributed by atoms with Gasteiger partial charge < -0.3 is 20.7 Å². The van der Waals surface area contributed by atoms with E-state index in [0.29, 0.717) is 16.4 Å². The summed E-state index contributed by atoms with van der Waals surface area (Å²) in [5, 5.41) is 4.87. The number of rotatable bonds is 8. The zero-order chi connectivity index (χ0) is 26.8. The number of nitrogens with two attached hydrogens (primary N) is 1. The van der Waals surface area contributed by atoms with Crippen molar-refractivity contribution in [3.8, 4) is 11.3 Å². The third kappa shape index (κ3) is 7.86. The van der Waals surface area contributed by atoms with Crippen LogP contribution in [0.5, 0.6) is 0 Å². The standard InChI is InChI=1S/C19H14ClN3O2.C10H21NO/c1-2-18(24)23-16-9-8-14(20)12-7-6-11(10-13(12)16)15-4-3-5-17(22-15)19(21)25;1-11(8-9-12-2)10-6-4-3-5-7-10/h2-10H,1H2,(H2,21,25)(H,23,24);10H,3-9H2,1-2H3. The Balaban J connectivity index is 0.000000266. The SMILES string of the molecule is C=CC(=O)Nc1ccc(Cl)c2ccc(-c3cccc(C(N)=O)n3)cc12.COCCN(C)C1CCCCC1. The Labute approximate surface area is 223 Å². The highest BCUT2D eigenvalue weighted by atomic mass is 35.5. The van der Waals surface area contributed by atoms with Gasteiger partial charge in [0.25, 0.3) is 5.91 Å². The van der Waals surface area contributed by atoms with Gasteiger partial charge in [-0.3, -0.25) is 9.59 Å². The number of nitrogens with zero attached hydrogens (tertiary/aromatic N) is 2. The molecule has 4 rings (SSSR count). The Morgan fingerprint density at radius 2 is 1.92 bits per heavy atom. The number of fused-ring (bicyclic) bond motifs is 1. The number of nitrogens with one attached hydrogen (secondary N) is 1. The molecule has 8 heteroatoms. The lowest BCUT2D eigenvalue weighted by molar-refractivity contribution is -0.111. The first-order valence-corrected chi connectivity index (χ1v) is 12.8. The normalized spacial score (nSPS) is 13.6. The highest BCUT2D eigenvalue weighted by Gasteiger charge is 2.17. The van der Waals surface area contributed by atoms with E-state index < -0.39 is 5.91 Å². The fourth-order valence-corrected chi connectivity index (χ4v) is 4.66. The molecule has 0 radical (unpaired) electrons. The van der Waals surface area contributed by atoms with Crippen LogP contribution >= 0.6 is 11.6 Å². The molecule has 3 aromatic rings. The molecule has 196 valence electrons. The van der Waals surface area contributed by atoms with E-state index in [9.17, 15) is 9.59 Å². The van der Waals surface area contributed by atoms with E-state index in [-0.39, 0.29) is 11.6 Å². The quantitative estimate of drug-likeness (QED) is 0.371. The van der Waals surface area contributed by atoms with Gasteiger partial charge in [-0.05, 0) is 56.3 Å². The van der Waals surface area contributed by atoms with Gasteiger partial charge >= 0.3 is 0 Å². The lowest BCUT2D eigenvalue weighted by Crippen LogP contribution is -2.35. The molecule has 1 aliphatic carbocycles. The maximum absolute atomic E-state index is 11.7. The van der Waals surface area contributed by atoms with Crippen molar-refractivity contribution in [3.63, 3.8) is 0 Å². The molecule has 1 saturated carbocycles. The highest BCUT2D eigenvalue weighted by Crippen LogP contribution is 2.33. The summed E-state index contributed by atoms with van der Waals surface area (Å²) in [6, 6.07) is 14.9. The molecule has 1 aliphatic rings. The molecule has 0 unspecified atom stereocenters. The molecule has 37 heavy (non-hydrogen) atoms. The minimum atomic E-state index is -0.593. The zero-order valence-electron chi connectivity index (χ0n) is 21.5. The number of anilines is 1. The monoisotopic (exact) mass is 522 g/mol. The first kappa shape index (κ1) is 28.3. The maximum Gasteiger partial charge on any atom is 0.267 e. The highest BCUT2D eigenvalue weighted by molar-refractivity contribution is 6.36. The van der Waals surface area contributed by atoms with Gasteiger partial charge in [0.1, 0.15) is 5.69 Å². The van der Waals surface area contributed by atoms with Crippen LogP contribution in [0.1, 0.15) is 42.6 Å². The predicted molar refractivity (Wildman–Crippen MR) is 151 cm³/mol. The summed E-state index contributed by atoms with van der Waals surface area (Å²) >= 11 is 6.25. The van der Waals surface area contributed by atoms with Gasteiger partial charge in [-0.25, -0.2) is 4.98 Å². The summed E-state index contributed by atoms with van der Waals surface area (Å²) in [5.41, 5.74) is 7.45. The molecule has 0 saturated heterocycles. The minimum Gasteiger partial charge on any atom is -0.383 e. The number of halogens is 1. The van der Waals surface area contributed by atoms with Crippen molar-refractivity contribution in [2.45, 2.75) is 38.1 Å². The largest absolute Gasteiger partial charge is 0.383 e. The third-order valence-corrected chi connectivity index (χ3v) is 6.88. The molecule has 7 nitrogen and oxygen atoms in total. The first-order chi connectivity index (χ1) is 17.8. The number of primary amides is 1. The second-order valence-corrected chi connectivity index (χ2v) is 9.49. The van der Waals surface area contributed by atoms with E-state index in [2.05, 4.69) is 28.8 Å². The molecule has 1 aromatic heterocycles. The summed E-state index contributed by atoms with van der Waals surface area (Å²) in [6.45, 7) is 5.41. The summed E-state index contributed by atoms with van der Waals surface area (Å²) in [7, 11) is 3.99. The molecule has 2 aromatic carbocycles. The molecule has 1 heterocycles. The number of aromatic nitrogens is 1. The van der Waals surface area contributed by atoms with Crippen molar-refractivity contribution in [1.29, 1.82) is 0 Å². The van der Waals surface area contributed by atoms with Gasteiger partial charge in [0, 0.05) is 46.7 Å². The zero-order valence-corrected chi connectivity index (χ0v) is 22.3. The van der Waals surface area contributed by atoms with E-state index in [4.69, 9.17) is 22.1 Å². The van der Waals surface area contributed by atoms with Gasteiger partial charge in [-0.15, -0.1) is 0 Å². The lowest BCUT2D eigenvalue weighted by Gasteiger charge is -2.30. The average molecular weight is 523 g/mol. The van der Waals surface area contributed by atoms with E-state index in [0.717, 1.165) is 35.5 Å². The second kappa shape index (κ2) is 13.9. The third-order valence-electron chi connectivity index (χ3n) is 6.55. The van der Waals surface area contributed by atoms with Gasteiger partial charge in [0.15, 0.2) is 0 Å². The Kier molecular flexibility index (Phi) is 10.6. The van der Waals surface area contributed by atoms with Gasteiger partial charge in [-0.2, -0.15) is 0 Å². The summed E-state index contributed by atoms with van der Waals surface area (Å²) in [6.07, 6.45) is 8.25. The van der Waals surface area contributed by atoms with Gasteiger partial charge in [-0.1, -0.05) is 55.6 Å². The number of hydrogen-bond acceptors (Lipinski definition) is 5. The molecule has 0 spiro atoms. The number of ether oxygens (including phenoxy) is 1. The number of carbonyl (C=O) groups is 2. The van der Waals surface area contributed by atoms with E-state index in [1.165, 1.54) is 38.2 Å². The smallest absolute Gasteiger partial charge is 0.267 e. The Morgan fingerprint density at radius 1 is 1.16 bits per heavy atom. The number of hydrogen-bond donors (Lipinski definition) is 2. The molecule has 3 N–H and O–H groups in total. The Morgan fingerprint density at radius 3 is 2.59 bits per heavy atom. The molecule has 1 fully saturated rings. The van der Waals surface area contributed by atoms with Crippen LogP contribution in [-0.4, -0.2) is 55.0 Å². The second-order valence-electron chi connectivity index (χ2n) is 9.09. The number of amides is 2. The molecule has 0 bridgehead atoms. The topological polar surface area (TPSA) is 97.5 Å². The Hall–Kier alpha value is -3.26. The van der Waals surface area contributed by atoms with Crippen LogP contribution in [0.15, 0.2) is 61.2 Å². The fourth-order valence-electron chi connectivity index (χ4n) is 4.44. The van der Waals surface area contributed by atoms with Crippen LogP contribution in [0.2, 0.25) is 5.02 Å². The maximum atomic E-state index is 11.7. The van der Waals surface area contributed by atoms with Crippen molar-refractivity contribution in [2.75, 3.05) is 32.6 Å². The lowest BCUT2D eigenvalue weighted by atomic mass is 9.94. The molecule has 2 amide bonds. The average Bonchev–Trinajstić information content (AvgIpc) is 2.93. The number of pyridine rings is 1. The van der Waals surface area contributed by atoms with E-state index in [1.807, 2.05) is 18.2 Å². The molecule has 0 aliphatic heterocycles.